The smallest absolute Gasteiger partial charge is 0.319 e. The number of urea groups is 1. The summed E-state index contributed by atoms with van der Waals surface area (Å²) in [4.78, 5) is 11.7. The van der Waals surface area contributed by atoms with Crippen molar-refractivity contribution in [3.05, 3.63) is 65.0 Å². The number of nitrogens with one attached hydrogen (secondary N) is 2. The van der Waals surface area contributed by atoms with Gasteiger partial charge in [0.25, 0.3) is 0 Å². The second-order valence-corrected chi connectivity index (χ2v) is 4.89. The van der Waals surface area contributed by atoms with Gasteiger partial charge in [-0.3, -0.25) is 0 Å². The summed E-state index contributed by atoms with van der Waals surface area (Å²) < 4.78 is 13.3. The molecule has 0 saturated carbocycles. The van der Waals surface area contributed by atoms with Crippen LogP contribution in [0.1, 0.15) is 16.7 Å². The third kappa shape index (κ3) is 4.35. The minimum absolute atomic E-state index is 0.144. The van der Waals surface area contributed by atoms with E-state index in [-0.39, 0.29) is 18.4 Å². The summed E-state index contributed by atoms with van der Waals surface area (Å²) >= 11 is 0. The van der Waals surface area contributed by atoms with Crippen LogP contribution in [-0.2, 0) is 0 Å². The molecule has 2 rings (SSSR count). The highest BCUT2D eigenvalue weighted by Gasteiger charge is 2.01. The maximum Gasteiger partial charge on any atom is 0.319 e. The Kier molecular flexibility index (Phi) is 5.16. The molecular weight excluding hydrogens is 279 g/mol. The molecule has 2 aromatic rings. The van der Waals surface area contributed by atoms with E-state index in [9.17, 15) is 9.18 Å². The Morgan fingerprint density at radius 2 is 1.91 bits per heavy atom. The summed E-state index contributed by atoms with van der Waals surface area (Å²) in [5.74, 6) is 5.03. The predicted molar refractivity (Wildman–Crippen MR) is 86.2 cm³/mol. The molecule has 0 bridgehead atoms. The molecule has 0 aliphatic rings. The summed E-state index contributed by atoms with van der Waals surface area (Å²) in [6, 6.07) is 11.6. The van der Waals surface area contributed by atoms with Crippen LogP contribution < -0.4 is 10.6 Å². The quantitative estimate of drug-likeness (QED) is 0.817. The number of rotatable bonds is 2. The Bertz CT molecular complexity index is 744. The lowest BCUT2D eigenvalue weighted by molar-refractivity contribution is 0.253. The summed E-state index contributed by atoms with van der Waals surface area (Å²) in [5, 5.41) is 5.34. The van der Waals surface area contributed by atoms with Gasteiger partial charge >= 0.3 is 6.03 Å². The van der Waals surface area contributed by atoms with Crippen LogP contribution in [0, 0.1) is 31.5 Å². The summed E-state index contributed by atoms with van der Waals surface area (Å²) in [6.07, 6.45) is 0. The number of benzene rings is 2. The molecule has 0 radical (unpaired) electrons. The van der Waals surface area contributed by atoms with Crippen LogP contribution >= 0.6 is 0 Å². The molecule has 3 nitrogen and oxygen atoms in total. The molecular formula is C18H17FN2O. The SMILES string of the molecule is Cc1ccc(NC(=O)NCC#Cc2ccccc2F)cc1C. The van der Waals surface area contributed by atoms with E-state index in [0.29, 0.717) is 5.56 Å². The standard InChI is InChI=1S/C18H17FN2O/c1-13-9-10-16(12-14(13)2)21-18(22)20-11-5-7-15-6-3-4-8-17(15)19/h3-4,6,8-10,12H,11H2,1-2H3,(H2,20,21,22). The highest BCUT2D eigenvalue weighted by Crippen LogP contribution is 2.13. The first-order valence-corrected chi connectivity index (χ1v) is 6.92. The molecule has 112 valence electrons. The Hall–Kier alpha value is -2.80. The maximum atomic E-state index is 13.3. The van der Waals surface area contributed by atoms with Crippen molar-refractivity contribution in [1.29, 1.82) is 0 Å². The Morgan fingerprint density at radius 3 is 2.64 bits per heavy atom. The monoisotopic (exact) mass is 296 g/mol. The van der Waals surface area contributed by atoms with E-state index in [1.54, 1.807) is 18.2 Å². The van der Waals surface area contributed by atoms with Gasteiger partial charge in [0.1, 0.15) is 5.82 Å². The molecule has 0 aromatic heterocycles. The van der Waals surface area contributed by atoms with Gasteiger partial charge in [-0.1, -0.05) is 30.0 Å². The first-order chi connectivity index (χ1) is 10.6. The van der Waals surface area contributed by atoms with E-state index in [1.807, 2.05) is 32.0 Å². The molecule has 0 unspecified atom stereocenters. The normalized spacial score (nSPS) is 9.59. The third-order valence-electron chi connectivity index (χ3n) is 3.20. The minimum atomic E-state index is -0.366. The highest BCUT2D eigenvalue weighted by atomic mass is 19.1. The van der Waals surface area contributed by atoms with Crippen LogP contribution in [0.4, 0.5) is 14.9 Å². The number of carbonyl (C=O) groups is 1. The van der Waals surface area contributed by atoms with Crippen molar-refractivity contribution in [1.82, 2.24) is 5.32 Å². The zero-order chi connectivity index (χ0) is 15.9. The zero-order valence-electron chi connectivity index (χ0n) is 12.5. The Balaban J connectivity index is 1.86. The van der Waals surface area contributed by atoms with Crippen molar-refractivity contribution in [3.8, 4) is 11.8 Å². The average Bonchev–Trinajstić information content (AvgIpc) is 2.49. The maximum absolute atomic E-state index is 13.3. The van der Waals surface area contributed by atoms with Gasteiger partial charge in [-0.25, -0.2) is 9.18 Å². The summed E-state index contributed by atoms with van der Waals surface area (Å²) in [5.41, 5.74) is 3.32. The molecule has 0 fully saturated rings. The molecule has 0 heterocycles. The fourth-order valence-electron chi connectivity index (χ4n) is 1.82. The first kappa shape index (κ1) is 15.6. The molecule has 0 saturated heterocycles. The van der Waals surface area contributed by atoms with Gasteiger partial charge in [0.05, 0.1) is 12.1 Å². The van der Waals surface area contributed by atoms with E-state index in [2.05, 4.69) is 22.5 Å². The van der Waals surface area contributed by atoms with Crippen LogP contribution in [0.25, 0.3) is 0 Å². The fourth-order valence-corrected chi connectivity index (χ4v) is 1.82. The van der Waals surface area contributed by atoms with Crippen LogP contribution in [0.15, 0.2) is 42.5 Å². The zero-order valence-corrected chi connectivity index (χ0v) is 12.5. The topological polar surface area (TPSA) is 41.1 Å². The third-order valence-corrected chi connectivity index (χ3v) is 3.20. The molecule has 2 aromatic carbocycles. The predicted octanol–water partition coefficient (Wildman–Crippen LogP) is 3.62. The van der Waals surface area contributed by atoms with Gasteiger partial charge in [-0.05, 0) is 49.2 Å². The largest absolute Gasteiger partial charge is 0.327 e. The first-order valence-electron chi connectivity index (χ1n) is 6.92. The molecule has 22 heavy (non-hydrogen) atoms. The van der Waals surface area contributed by atoms with Gasteiger partial charge in [0.2, 0.25) is 0 Å². The van der Waals surface area contributed by atoms with Crippen molar-refractivity contribution in [2.24, 2.45) is 0 Å². The number of halogens is 1. The number of carbonyl (C=O) groups excluding carboxylic acids is 1. The van der Waals surface area contributed by atoms with Crippen LogP contribution in [0.2, 0.25) is 0 Å². The van der Waals surface area contributed by atoms with Crippen LogP contribution in [-0.4, -0.2) is 12.6 Å². The minimum Gasteiger partial charge on any atom is -0.327 e. The second kappa shape index (κ2) is 7.28. The fraction of sp³-hybridized carbons (Fsp3) is 0.167. The second-order valence-electron chi connectivity index (χ2n) is 4.89. The lowest BCUT2D eigenvalue weighted by Crippen LogP contribution is -2.28. The lowest BCUT2D eigenvalue weighted by Gasteiger charge is -2.07. The highest BCUT2D eigenvalue weighted by molar-refractivity contribution is 5.89. The van der Waals surface area contributed by atoms with Crippen molar-refractivity contribution in [2.75, 3.05) is 11.9 Å². The van der Waals surface area contributed by atoms with Gasteiger partial charge in [-0.15, -0.1) is 0 Å². The summed E-state index contributed by atoms with van der Waals surface area (Å²) in [7, 11) is 0. The van der Waals surface area contributed by atoms with Crippen LogP contribution in [0.5, 0.6) is 0 Å². The Morgan fingerprint density at radius 1 is 1.14 bits per heavy atom. The van der Waals surface area contributed by atoms with Gasteiger partial charge in [-0.2, -0.15) is 0 Å². The van der Waals surface area contributed by atoms with Crippen molar-refractivity contribution >= 4 is 11.7 Å². The molecule has 2 amide bonds. The lowest BCUT2D eigenvalue weighted by atomic mass is 10.1. The molecule has 2 N–H and O–H groups in total. The van der Waals surface area contributed by atoms with Gasteiger partial charge < -0.3 is 10.6 Å². The van der Waals surface area contributed by atoms with Gasteiger partial charge in [0.15, 0.2) is 0 Å². The summed E-state index contributed by atoms with van der Waals surface area (Å²) in [6.45, 7) is 4.14. The Labute approximate surface area is 129 Å². The number of aryl methyl sites for hydroxylation is 2. The van der Waals surface area contributed by atoms with E-state index in [0.717, 1.165) is 11.3 Å². The number of hydrogen-bond acceptors (Lipinski definition) is 1. The van der Waals surface area contributed by atoms with Gasteiger partial charge in [0, 0.05) is 5.69 Å². The van der Waals surface area contributed by atoms with E-state index in [1.165, 1.54) is 11.6 Å². The number of hydrogen-bond donors (Lipinski definition) is 2. The van der Waals surface area contributed by atoms with E-state index >= 15 is 0 Å². The van der Waals surface area contributed by atoms with Crippen molar-refractivity contribution < 1.29 is 9.18 Å². The van der Waals surface area contributed by atoms with E-state index in [4.69, 9.17) is 0 Å². The number of amides is 2. The molecule has 0 spiro atoms. The molecule has 4 heteroatoms. The number of anilines is 1. The molecule has 0 aliphatic heterocycles. The molecule has 0 aliphatic carbocycles. The average molecular weight is 296 g/mol. The van der Waals surface area contributed by atoms with E-state index < -0.39 is 0 Å². The van der Waals surface area contributed by atoms with Crippen molar-refractivity contribution in [2.45, 2.75) is 13.8 Å². The van der Waals surface area contributed by atoms with Crippen molar-refractivity contribution in [3.63, 3.8) is 0 Å². The molecule has 0 atom stereocenters. The van der Waals surface area contributed by atoms with Crippen LogP contribution in [0.3, 0.4) is 0 Å².